The number of carbonyl (C=O) groups is 1. The van der Waals surface area contributed by atoms with Gasteiger partial charge in [-0.2, -0.15) is 5.26 Å². The number of aldehydes is 1. The lowest BCUT2D eigenvalue weighted by Gasteiger charge is -2.04. The van der Waals surface area contributed by atoms with Gasteiger partial charge in [-0.05, 0) is 28.1 Å². The van der Waals surface area contributed by atoms with Crippen LogP contribution in [-0.4, -0.2) is 14.7 Å². The van der Waals surface area contributed by atoms with Gasteiger partial charge in [-0.25, -0.2) is 8.42 Å². The molecule has 0 saturated heterocycles. The molecule has 0 bridgehead atoms. The summed E-state index contributed by atoms with van der Waals surface area (Å²) in [7, 11) is 1.02. The molecule has 0 aliphatic heterocycles. The Labute approximate surface area is 99.0 Å². The van der Waals surface area contributed by atoms with Gasteiger partial charge in [0.15, 0.2) is 6.29 Å². The van der Waals surface area contributed by atoms with Crippen molar-refractivity contribution >= 4 is 41.9 Å². The molecule has 0 aliphatic rings. The zero-order chi connectivity index (χ0) is 11.6. The Hall–Kier alpha value is -0.900. The molecule has 78 valence electrons. The van der Waals surface area contributed by atoms with Crippen molar-refractivity contribution in [2.45, 2.75) is 4.90 Å². The fraction of sp³-hybridized carbons (Fsp3) is 0. The predicted molar refractivity (Wildman–Crippen MR) is 57.3 cm³/mol. The molecule has 15 heavy (non-hydrogen) atoms. The fourth-order valence-electron chi connectivity index (χ4n) is 1.03. The van der Waals surface area contributed by atoms with Crippen LogP contribution in [0.15, 0.2) is 21.5 Å². The van der Waals surface area contributed by atoms with Crippen LogP contribution in [0.25, 0.3) is 0 Å². The number of nitrogens with zero attached hydrogens (tertiary/aromatic N) is 1. The van der Waals surface area contributed by atoms with Gasteiger partial charge in [-0.1, -0.05) is 0 Å². The summed E-state index contributed by atoms with van der Waals surface area (Å²) in [4.78, 5) is 10.1. The summed E-state index contributed by atoms with van der Waals surface area (Å²) in [6.45, 7) is 0. The molecule has 0 amide bonds. The van der Waals surface area contributed by atoms with Crippen LogP contribution in [0.1, 0.15) is 15.9 Å². The third kappa shape index (κ3) is 2.37. The number of halogens is 2. The molecule has 0 atom stereocenters. The maximum atomic E-state index is 11.2. The van der Waals surface area contributed by atoms with E-state index in [1.165, 1.54) is 12.1 Å². The summed E-state index contributed by atoms with van der Waals surface area (Å²) >= 11 is 3.00. The van der Waals surface area contributed by atoms with Gasteiger partial charge in [-0.15, -0.1) is 0 Å². The lowest BCUT2D eigenvalue weighted by molar-refractivity contribution is 0.112. The van der Waals surface area contributed by atoms with Crippen LogP contribution in [0, 0.1) is 11.3 Å². The number of carbonyl (C=O) groups excluding carboxylic acids is 1. The van der Waals surface area contributed by atoms with E-state index in [2.05, 4.69) is 15.9 Å². The second-order valence-corrected chi connectivity index (χ2v) is 5.87. The Morgan fingerprint density at radius 1 is 1.47 bits per heavy atom. The summed E-state index contributed by atoms with van der Waals surface area (Å²) in [6, 6.07) is 4.36. The average Bonchev–Trinajstić information content (AvgIpc) is 2.15. The molecular formula is C8H3BrClNO3S. The smallest absolute Gasteiger partial charge is 0.263 e. The highest BCUT2D eigenvalue weighted by Gasteiger charge is 2.22. The van der Waals surface area contributed by atoms with Crippen LogP contribution in [0.3, 0.4) is 0 Å². The van der Waals surface area contributed by atoms with Crippen LogP contribution < -0.4 is 0 Å². The van der Waals surface area contributed by atoms with E-state index < -0.39 is 13.9 Å². The maximum absolute atomic E-state index is 11.2. The minimum atomic E-state index is -4.12. The van der Waals surface area contributed by atoms with Gasteiger partial charge in [0.25, 0.3) is 9.05 Å². The molecule has 4 nitrogen and oxygen atoms in total. The van der Waals surface area contributed by atoms with Crippen molar-refractivity contribution in [3.05, 3.63) is 27.7 Å². The van der Waals surface area contributed by atoms with E-state index in [9.17, 15) is 13.2 Å². The van der Waals surface area contributed by atoms with Crippen molar-refractivity contribution in [2.75, 3.05) is 0 Å². The van der Waals surface area contributed by atoms with Gasteiger partial charge < -0.3 is 0 Å². The Balaban J connectivity index is 3.81. The summed E-state index contributed by atoms with van der Waals surface area (Å²) in [5.74, 6) is 0. The van der Waals surface area contributed by atoms with Gasteiger partial charge in [0, 0.05) is 20.7 Å². The van der Waals surface area contributed by atoms with Gasteiger partial charge >= 0.3 is 0 Å². The van der Waals surface area contributed by atoms with Crippen LogP contribution in [-0.2, 0) is 9.05 Å². The number of hydrogen-bond acceptors (Lipinski definition) is 4. The van der Waals surface area contributed by atoms with E-state index in [4.69, 9.17) is 15.9 Å². The second-order valence-electron chi connectivity index (χ2n) is 2.51. The Kier molecular flexibility index (Phi) is 3.50. The van der Waals surface area contributed by atoms with Crippen molar-refractivity contribution in [3.63, 3.8) is 0 Å². The summed E-state index contributed by atoms with van der Waals surface area (Å²) in [5.41, 5.74) is -0.306. The van der Waals surface area contributed by atoms with Gasteiger partial charge in [0.05, 0.1) is 5.56 Å². The monoisotopic (exact) mass is 307 g/mol. The third-order valence-corrected chi connectivity index (χ3v) is 3.67. The molecule has 1 rings (SSSR count). The lowest BCUT2D eigenvalue weighted by atomic mass is 10.1. The molecule has 1 aromatic carbocycles. The topological polar surface area (TPSA) is 75.0 Å². The minimum Gasteiger partial charge on any atom is -0.298 e. The lowest BCUT2D eigenvalue weighted by Crippen LogP contribution is -2.01. The van der Waals surface area contributed by atoms with Gasteiger partial charge in [-0.3, -0.25) is 4.79 Å². The molecule has 7 heteroatoms. The number of nitriles is 1. The van der Waals surface area contributed by atoms with Crippen molar-refractivity contribution in [3.8, 4) is 6.07 Å². The highest BCUT2D eigenvalue weighted by molar-refractivity contribution is 9.10. The SMILES string of the molecule is N#Cc1c(Br)ccc(C=O)c1S(=O)(=O)Cl. The first-order valence-electron chi connectivity index (χ1n) is 3.54. The zero-order valence-electron chi connectivity index (χ0n) is 7.07. The first-order chi connectivity index (χ1) is 6.91. The van der Waals surface area contributed by atoms with E-state index in [0.29, 0.717) is 6.29 Å². The number of hydrogen-bond donors (Lipinski definition) is 0. The molecule has 1 aromatic rings. The van der Waals surface area contributed by atoms with Gasteiger partial charge in [0.1, 0.15) is 11.0 Å². The Bertz CT molecular complexity index is 562. The molecule has 0 fully saturated rings. The van der Waals surface area contributed by atoms with Crippen LogP contribution in [0.5, 0.6) is 0 Å². The van der Waals surface area contributed by atoms with E-state index in [0.717, 1.165) is 0 Å². The largest absolute Gasteiger partial charge is 0.298 e. The predicted octanol–water partition coefficient (Wildman–Crippen LogP) is 2.06. The summed E-state index contributed by atoms with van der Waals surface area (Å²) < 4.78 is 22.6. The highest BCUT2D eigenvalue weighted by Crippen LogP contribution is 2.28. The fourth-order valence-corrected chi connectivity index (χ4v) is 2.88. The normalized spacial score (nSPS) is 10.7. The molecule has 0 radical (unpaired) electrons. The quantitative estimate of drug-likeness (QED) is 0.619. The third-order valence-electron chi connectivity index (χ3n) is 1.62. The molecule has 0 unspecified atom stereocenters. The standard InChI is InChI=1S/C8H3BrClNO3S/c9-7-2-1-5(4-12)8(6(7)3-11)15(10,13)14/h1-2,4H. The number of rotatable bonds is 2. The molecule has 0 aliphatic carbocycles. The van der Waals surface area contributed by atoms with Crippen LogP contribution in [0.2, 0.25) is 0 Å². The summed E-state index contributed by atoms with van der Waals surface area (Å²) in [6.07, 6.45) is 0.336. The van der Waals surface area contributed by atoms with Gasteiger partial charge in [0.2, 0.25) is 0 Å². The van der Waals surface area contributed by atoms with Crippen LogP contribution in [0.4, 0.5) is 0 Å². The molecule has 0 heterocycles. The maximum Gasteiger partial charge on any atom is 0.263 e. The van der Waals surface area contributed by atoms with E-state index in [1.54, 1.807) is 6.07 Å². The average molecular weight is 309 g/mol. The second kappa shape index (κ2) is 4.31. The molecule has 0 saturated carbocycles. The van der Waals surface area contributed by atoms with E-state index >= 15 is 0 Å². The van der Waals surface area contributed by atoms with Crippen molar-refractivity contribution in [2.24, 2.45) is 0 Å². The van der Waals surface area contributed by atoms with Crippen molar-refractivity contribution < 1.29 is 13.2 Å². The van der Waals surface area contributed by atoms with Crippen LogP contribution >= 0.6 is 26.6 Å². The molecule has 0 aromatic heterocycles. The first kappa shape index (κ1) is 12.2. The van der Waals surface area contributed by atoms with E-state index in [1.807, 2.05) is 0 Å². The summed E-state index contributed by atoms with van der Waals surface area (Å²) in [5, 5.41) is 8.76. The van der Waals surface area contributed by atoms with E-state index in [-0.39, 0.29) is 15.6 Å². The highest BCUT2D eigenvalue weighted by atomic mass is 79.9. The minimum absolute atomic E-state index is 0.134. The van der Waals surface area contributed by atoms with Crippen molar-refractivity contribution in [1.29, 1.82) is 5.26 Å². The van der Waals surface area contributed by atoms with Crippen molar-refractivity contribution in [1.82, 2.24) is 0 Å². The Morgan fingerprint density at radius 2 is 2.07 bits per heavy atom. The Morgan fingerprint density at radius 3 is 2.47 bits per heavy atom. The molecule has 0 spiro atoms. The number of benzene rings is 1. The first-order valence-corrected chi connectivity index (χ1v) is 6.64. The molecular weight excluding hydrogens is 306 g/mol. The molecule has 0 N–H and O–H groups in total. The zero-order valence-corrected chi connectivity index (χ0v) is 10.2.